The molecule has 0 aliphatic rings. The molecule has 164 valence electrons. The van der Waals surface area contributed by atoms with E-state index in [1.54, 1.807) is 0 Å². The fourth-order valence-corrected chi connectivity index (χ4v) is 2.54. The zero-order valence-electron chi connectivity index (χ0n) is 15.0. The molecule has 18 heteroatoms. The molecule has 0 N–H and O–H groups in total. The van der Waals surface area contributed by atoms with Crippen molar-refractivity contribution in [3.8, 4) is 0 Å². The highest BCUT2D eigenvalue weighted by atomic mass is 16.6. The summed E-state index contributed by atoms with van der Waals surface area (Å²) in [5.74, 6) is 0. The molecule has 0 spiro atoms. The third-order valence-electron chi connectivity index (χ3n) is 3.87. The normalized spacial score (nSPS) is 10.6. The molecule has 0 fully saturated rings. The predicted octanol–water partition coefficient (Wildman–Crippen LogP) is 3.31. The van der Waals surface area contributed by atoms with E-state index in [0.29, 0.717) is 36.4 Å². The molecule has 0 unspecified atom stereocenters. The van der Waals surface area contributed by atoms with Crippen LogP contribution < -0.4 is 0 Å². The molecule has 2 aromatic rings. The maximum Gasteiger partial charge on any atom is 0.290 e. The van der Waals surface area contributed by atoms with Gasteiger partial charge < -0.3 is 0 Å². The average molecular weight is 450 g/mol. The summed E-state index contributed by atoms with van der Waals surface area (Å²) in [6.07, 6.45) is 1.09. The van der Waals surface area contributed by atoms with E-state index in [-0.39, 0.29) is 0 Å². The van der Waals surface area contributed by atoms with Crippen molar-refractivity contribution in [1.29, 1.82) is 0 Å². The molecule has 0 amide bonds. The van der Waals surface area contributed by atoms with Gasteiger partial charge in [-0.3, -0.25) is 60.7 Å². The Kier molecular flexibility index (Phi) is 6.09. The lowest BCUT2D eigenvalue weighted by Gasteiger charge is -2.02. The number of nitro groups is 6. The molecule has 0 aromatic heterocycles. The first-order chi connectivity index (χ1) is 14.8. The maximum atomic E-state index is 11.3. The minimum atomic E-state index is -1.20. The van der Waals surface area contributed by atoms with Gasteiger partial charge in [0.15, 0.2) is 0 Å². The average Bonchev–Trinajstić information content (AvgIpc) is 2.70. The number of hydrogen-bond acceptors (Lipinski definition) is 12. The quantitative estimate of drug-likeness (QED) is 0.318. The molecule has 32 heavy (non-hydrogen) atoms. The fraction of sp³-hybridized carbons (Fsp3) is 0. The largest absolute Gasteiger partial charge is 0.290 e. The summed E-state index contributed by atoms with van der Waals surface area (Å²) in [6.45, 7) is 0. The van der Waals surface area contributed by atoms with Gasteiger partial charge in [-0.15, -0.1) is 0 Å². The van der Waals surface area contributed by atoms with Crippen LogP contribution in [-0.2, 0) is 0 Å². The van der Waals surface area contributed by atoms with E-state index in [9.17, 15) is 60.7 Å². The van der Waals surface area contributed by atoms with Gasteiger partial charge in [-0.25, -0.2) is 0 Å². The van der Waals surface area contributed by atoms with Gasteiger partial charge in [0.2, 0.25) is 0 Å². The highest BCUT2D eigenvalue weighted by Gasteiger charge is 2.31. The Hall–Kier alpha value is -5.42. The van der Waals surface area contributed by atoms with Crippen LogP contribution in [0.2, 0.25) is 0 Å². The van der Waals surface area contributed by atoms with Crippen LogP contribution in [0.3, 0.4) is 0 Å². The summed E-state index contributed by atoms with van der Waals surface area (Å²) >= 11 is 0. The number of rotatable bonds is 8. The van der Waals surface area contributed by atoms with Crippen LogP contribution in [0, 0.1) is 60.7 Å². The monoisotopic (exact) mass is 450 g/mol. The fourth-order valence-electron chi connectivity index (χ4n) is 2.54. The van der Waals surface area contributed by atoms with Crippen molar-refractivity contribution in [2.24, 2.45) is 0 Å². The van der Waals surface area contributed by atoms with Gasteiger partial charge >= 0.3 is 0 Å². The van der Waals surface area contributed by atoms with Crippen LogP contribution in [0.25, 0.3) is 12.2 Å². The third-order valence-corrected chi connectivity index (χ3v) is 3.87. The van der Waals surface area contributed by atoms with Crippen LogP contribution in [0.15, 0.2) is 24.3 Å². The van der Waals surface area contributed by atoms with Crippen molar-refractivity contribution in [2.45, 2.75) is 0 Å². The van der Waals surface area contributed by atoms with E-state index in [2.05, 4.69) is 0 Å². The first kappa shape index (κ1) is 22.9. The van der Waals surface area contributed by atoms with Crippen molar-refractivity contribution in [3.63, 3.8) is 0 Å². The lowest BCUT2D eigenvalue weighted by atomic mass is 10.0. The van der Waals surface area contributed by atoms with Gasteiger partial charge in [-0.1, -0.05) is 0 Å². The summed E-state index contributed by atoms with van der Waals surface area (Å²) in [5, 5.41) is 67.0. The first-order valence-corrected chi connectivity index (χ1v) is 7.75. The second kappa shape index (κ2) is 8.52. The van der Waals surface area contributed by atoms with Crippen LogP contribution in [0.4, 0.5) is 34.1 Å². The van der Waals surface area contributed by atoms with E-state index < -0.39 is 74.8 Å². The lowest BCUT2D eigenvalue weighted by Crippen LogP contribution is -2.01. The summed E-state index contributed by atoms with van der Waals surface area (Å²) in [7, 11) is 0. The zero-order valence-corrected chi connectivity index (χ0v) is 15.0. The Morgan fingerprint density at radius 2 is 0.656 bits per heavy atom. The first-order valence-electron chi connectivity index (χ1n) is 7.75. The van der Waals surface area contributed by atoms with Gasteiger partial charge in [0.1, 0.15) is 11.1 Å². The Labute approximate surface area is 172 Å². The smallest absolute Gasteiger partial charge is 0.258 e. The molecule has 0 atom stereocenters. The molecule has 0 aliphatic carbocycles. The Bertz CT molecular complexity index is 1090. The second-order valence-corrected chi connectivity index (χ2v) is 5.67. The van der Waals surface area contributed by atoms with Gasteiger partial charge in [0.05, 0.1) is 53.8 Å². The predicted molar refractivity (Wildman–Crippen MR) is 102 cm³/mol. The van der Waals surface area contributed by atoms with Crippen molar-refractivity contribution in [2.75, 3.05) is 0 Å². The van der Waals surface area contributed by atoms with Gasteiger partial charge in [-0.2, -0.15) is 0 Å². The molecule has 18 nitrogen and oxygen atoms in total. The number of nitro benzene ring substituents is 6. The Morgan fingerprint density at radius 3 is 0.812 bits per heavy atom. The number of non-ortho nitro benzene ring substituents is 2. The van der Waals surface area contributed by atoms with Crippen molar-refractivity contribution < 1.29 is 29.5 Å². The molecule has 2 rings (SSSR count). The number of benzene rings is 2. The van der Waals surface area contributed by atoms with E-state index >= 15 is 0 Å². The van der Waals surface area contributed by atoms with Gasteiger partial charge in [0, 0.05) is 0 Å². The van der Waals surface area contributed by atoms with E-state index in [4.69, 9.17) is 0 Å². The van der Waals surface area contributed by atoms with E-state index in [1.165, 1.54) is 0 Å². The molecule has 0 saturated carbocycles. The third kappa shape index (κ3) is 4.42. The molecular formula is C14H6N6O12. The number of nitrogens with zero attached hydrogens (tertiary/aromatic N) is 6. The van der Waals surface area contributed by atoms with Crippen molar-refractivity contribution >= 4 is 46.3 Å². The summed E-state index contributed by atoms with van der Waals surface area (Å²) < 4.78 is 0. The molecule has 2 aromatic carbocycles. The SMILES string of the molecule is O=[N+]([O-])c1cc([N+](=O)[O-])c(/C=C\c2c([N+](=O)[O-])cc([N+](=O)[O-])cc2[N+](=O)[O-])c([N+](=O)[O-])c1. The van der Waals surface area contributed by atoms with Crippen molar-refractivity contribution in [1.82, 2.24) is 0 Å². The van der Waals surface area contributed by atoms with Crippen LogP contribution in [0.1, 0.15) is 11.1 Å². The van der Waals surface area contributed by atoms with E-state index in [1.807, 2.05) is 0 Å². The highest BCUT2D eigenvalue weighted by Crippen LogP contribution is 2.38. The van der Waals surface area contributed by atoms with Crippen LogP contribution in [-0.4, -0.2) is 29.5 Å². The maximum absolute atomic E-state index is 11.3. The van der Waals surface area contributed by atoms with Gasteiger partial charge in [0.25, 0.3) is 34.1 Å². The molecule has 0 heterocycles. The summed E-state index contributed by atoms with van der Waals surface area (Å²) in [4.78, 5) is 59.9. The van der Waals surface area contributed by atoms with Crippen LogP contribution >= 0.6 is 0 Å². The lowest BCUT2D eigenvalue weighted by molar-refractivity contribution is -0.403. The van der Waals surface area contributed by atoms with Crippen molar-refractivity contribution in [3.05, 3.63) is 96.1 Å². The number of hydrogen-bond donors (Lipinski definition) is 0. The molecular weight excluding hydrogens is 444 g/mol. The minimum absolute atomic E-state index is 0.394. The summed E-state index contributed by atoms with van der Waals surface area (Å²) in [5.41, 5.74) is -8.21. The molecule has 0 saturated heterocycles. The van der Waals surface area contributed by atoms with Crippen LogP contribution in [0.5, 0.6) is 0 Å². The molecule has 0 bridgehead atoms. The summed E-state index contributed by atoms with van der Waals surface area (Å²) in [6, 6.07) is 1.58. The van der Waals surface area contributed by atoms with Gasteiger partial charge in [-0.05, 0) is 12.2 Å². The van der Waals surface area contributed by atoms with E-state index in [0.717, 1.165) is 0 Å². The zero-order chi connectivity index (χ0) is 24.3. The highest BCUT2D eigenvalue weighted by molar-refractivity contribution is 5.86. The molecule has 0 radical (unpaired) electrons. The standard InChI is InChI=1S/C14H6N6O12/c21-15(22)7-3-11(17(25)26)9(12(4-7)18(27)28)1-2-10-13(19(29)30)5-8(16(23)24)6-14(10)20(31)32/h1-6H/b2-1-. The minimum Gasteiger partial charge on any atom is -0.258 e. The Morgan fingerprint density at radius 1 is 0.438 bits per heavy atom. The second-order valence-electron chi connectivity index (χ2n) is 5.67. The Balaban J connectivity index is 2.88. The topological polar surface area (TPSA) is 259 Å². The molecule has 0 aliphatic heterocycles.